The fraction of sp³-hybridized carbons (Fsp3) is 0.375. The zero-order valence-corrected chi connectivity index (χ0v) is 11.6. The molecule has 0 bridgehead atoms. The predicted molar refractivity (Wildman–Crippen MR) is 76.2 cm³/mol. The number of amides is 1. The van der Waals surface area contributed by atoms with E-state index in [1.54, 1.807) is 0 Å². The van der Waals surface area contributed by atoms with Crippen LogP contribution in [-0.2, 0) is 0 Å². The fourth-order valence-electron chi connectivity index (χ4n) is 2.57. The van der Waals surface area contributed by atoms with Gasteiger partial charge in [0.25, 0.3) is 5.91 Å². The van der Waals surface area contributed by atoms with E-state index in [0.717, 1.165) is 31.5 Å². The highest BCUT2D eigenvalue weighted by Gasteiger charge is 2.25. The molecule has 0 N–H and O–H groups in total. The number of hydrogen-bond acceptors (Lipinski definition) is 3. The molecule has 0 atom stereocenters. The third-order valence-corrected chi connectivity index (χ3v) is 3.91. The Labute approximate surface area is 118 Å². The van der Waals surface area contributed by atoms with Gasteiger partial charge < -0.3 is 9.42 Å². The van der Waals surface area contributed by atoms with Crippen LogP contribution in [0.5, 0.6) is 0 Å². The van der Waals surface area contributed by atoms with Crippen molar-refractivity contribution in [1.82, 2.24) is 10.1 Å². The highest BCUT2D eigenvalue weighted by atomic mass is 16.5. The van der Waals surface area contributed by atoms with Gasteiger partial charge in [0.15, 0.2) is 5.76 Å². The Morgan fingerprint density at radius 2 is 1.95 bits per heavy atom. The number of piperidine rings is 1. The first kappa shape index (κ1) is 12.9. The number of rotatable bonds is 2. The van der Waals surface area contributed by atoms with Crippen LogP contribution in [0.15, 0.2) is 41.1 Å². The molecule has 1 amide bonds. The minimum Gasteiger partial charge on any atom is -0.355 e. The molecule has 0 radical (unpaired) electrons. The van der Waals surface area contributed by atoms with E-state index in [1.807, 2.05) is 35.2 Å². The van der Waals surface area contributed by atoms with E-state index in [1.165, 1.54) is 6.20 Å². The van der Waals surface area contributed by atoms with Crippen LogP contribution in [0.1, 0.15) is 30.1 Å². The smallest absolute Gasteiger partial charge is 0.259 e. The molecular weight excluding hydrogens is 252 g/mol. The normalized spacial score (nSPS) is 16.4. The first-order valence-corrected chi connectivity index (χ1v) is 7.05. The van der Waals surface area contributed by atoms with Crippen molar-refractivity contribution in [3.8, 4) is 11.3 Å². The molecule has 3 rings (SSSR count). The molecule has 4 nitrogen and oxygen atoms in total. The summed E-state index contributed by atoms with van der Waals surface area (Å²) >= 11 is 0. The van der Waals surface area contributed by atoms with Crippen molar-refractivity contribution < 1.29 is 9.32 Å². The predicted octanol–water partition coefficient (Wildman–Crippen LogP) is 3.21. The minimum absolute atomic E-state index is 0.0250. The number of carbonyl (C=O) groups is 1. The average molecular weight is 270 g/mol. The van der Waals surface area contributed by atoms with Crippen LogP contribution in [0.4, 0.5) is 0 Å². The van der Waals surface area contributed by atoms with Crippen LogP contribution in [0, 0.1) is 5.92 Å². The summed E-state index contributed by atoms with van der Waals surface area (Å²) in [4.78, 5) is 14.5. The van der Waals surface area contributed by atoms with Crippen molar-refractivity contribution in [2.45, 2.75) is 19.8 Å². The van der Waals surface area contributed by atoms with Crippen molar-refractivity contribution in [2.75, 3.05) is 13.1 Å². The number of carbonyl (C=O) groups excluding carboxylic acids is 1. The number of likely N-dealkylation sites (tertiary alicyclic amines) is 1. The van der Waals surface area contributed by atoms with Gasteiger partial charge in [0.05, 0.1) is 6.20 Å². The number of benzene rings is 1. The topological polar surface area (TPSA) is 46.3 Å². The van der Waals surface area contributed by atoms with Crippen molar-refractivity contribution in [1.29, 1.82) is 0 Å². The third kappa shape index (κ3) is 2.46. The molecule has 1 fully saturated rings. The molecule has 2 aromatic rings. The lowest BCUT2D eigenvalue weighted by Gasteiger charge is -2.30. The Morgan fingerprint density at radius 3 is 2.65 bits per heavy atom. The summed E-state index contributed by atoms with van der Waals surface area (Å²) in [6.45, 7) is 3.87. The second-order valence-electron chi connectivity index (χ2n) is 5.41. The maximum absolute atomic E-state index is 12.6. The van der Waals surface area contributed by atoms with Crippen molar-refractivity contribution in [3.63, 3.8) is 0 Å². The summed E-state index contributed by atoms with van der Waals surface area (Å²) in [6, 6.07) is 9.64. The molecule has 2 heterocycles. The lowest BCUT2D eigenvalue weighted by atomic mass is 9.98. The van der Waals surface area contributed by atoms with Gasteiger partial charge in [-0.1, -0.05) is 42.4 Å². The molecule has 1 saturated heterocycles. The first-order valence-electron chi connectivity index (χ1n) is 7.05. The van der Waals surface area contributed by atoms with Crippen LogP contribution >= 0.6 is 0 Å². The Kier molecular flexibility index (Phi) is 3.54. The number of nitrogens with zero attached hydrogens (tertiary/aromatic N) is 2. The SMILES string of the molecule is CC1CCN(C(=O)c2cnoc2-c2ccccc2)CC1. The van der Waals surface area contributed by atoms with Gasteiger partial charge >= 0.3 is 0 Å². The molecule has 0 unspecified atom stereocenters. The van der Waals surface area contributed by atoms with E-state index in [9.17, 15) is 4.79 Å². The van der Waals surface area contributed by atoms with E-state index in [0.29, 0.717) is 17.2 Å². The summed E-state index contributed by atoms with van der Waals surface area (Å²) in [6.07, 6.45) is 3.66. The van der Waals surface area contributed by atoms with Crippen LogP contribution in [0.25, 0.3) is 11.3 Å². The monoisotopic (exact) mass is 270 g/mol. The van der Waals surface area contributed by atoms with Gasteiger partial charge in [-0.3, -0.25) is 4.79 Å². The average Bonchev–Trinajstić information content (AvgIpc) is 2.97. The third-order valence-electron chi connectivity index (χ3n) is 3.91. The van der Waals surface area contributed by atoms with Crippen molar-refractivity contribution in [2.24, 2.45) is 5.92 Å². The molecule has 104 valence electrons. The molecule has 1 aliphatic heterocycles. The highest BCUT2D eigenvalue weighted by Crippen LogP contribution is 2.26. The van der Waals surface area contributed by atoms with Crippen LogP contribution in [0.3, 0.4) is 0 Å². The standard InChI is InChI=1S/C16H18N2O2/c1-12-7-9-18(10-8-12)16(19)14-11-17-20-15(14)13-5-3-2-4-6-13/h2-6,11-12H,7-10H2,1H3. The van der Waals surface area contributed by atoms with E-state index < -0.39 is 0 Å². The quantitative estimate of drug-likeness (QED) is 0.841. The zero-order valence-electron chi connectivity index (χ0n) is 11.6. The van der Waals surface area contributed by atoms with Gasteiger partial charge in [-0.2, -0.15) is 0 Å². The number of aromatic nitrogens is 1. The molecule has 20 heavy (non-hydrogen) atoms. The summed E-state index contributed by atoms with van der Waals surface area (Å²) < 4.78 is 5.29. The molecule has 1 aromatic heterocycles. The van der Waals surface area contributed by atoms with Crippen LogP contribution in [-0.4, -0.2) is 29.1 Å². The second-order valence-corrected chi connectivity index (χ2v) is 5.41. The van der Waals surface area contributed by atoms with Gasteiger partial charge in [0, 0.05) is 18.7 Å². The molecule has 1 aliphatic rings. The van der Waals surface area contributed by atoms with Crippen molar-refractivity contribution >= 4 is 5.91 Å². The molecular formula is C16H18N2O2. The fourth-order valence-corrected chi connectivity index (χ4v) is 2.57. The van der Waals surface area contributed by atoms with E-state index in [2.05, 4.69) is 12.1 Å². The summed E-state index contributed by atoms with van der Waals surface area (Å²) in [7, 11) is 0. The van der Waals surface area contributed by atoms with E-state index in [-0.39, 0.29) is 5.91 Å². The Bertz CT molecular complexity index is 584. The first-order chi connectivity index (χ1) is 9.75. The molecule has 0 aliphatic carbocycles. The molecule has 0 spiro atoms. The number of hydrogen-bond donors (Lipinski definition) is 0. The Balaban J connectivity index is 1.85. The maximum Gasteiger partial charge on any atom is 0.259 e. The van der Waals surface area contributed by atoms with Gasteiger partial charge in [0.2, 0.25) is 0 Å². The largest absolute Gasteiger partial charge is 0.355 e. The lowest BCUT2D eigenvalue weighted by Crippen LogP contribution is -2.37. The molecule has 0 saturated carbocycles. The minimum atomic E-state index is 0.0250. The van der Waals surface area contributed by atoms with E-state index >= 15 is 0 Å². The Morgan fingerprint density at radius 1 is 1.25 bits per heavy atom. The second kappa shape index (κ2) is 5.49. The Hall–Kier alpha value is -2.10. The van der Waals surface area contributed by atoms with Gasteiger partial charge in [0.1, 0.15) is 5.56 Å². The van der Waals surface area contributed by atoms with Crippen LogP contribution < -0.4 is 0 Å². The van der Waals surface area contributed by atoms with Crippen molar-refractivity contribution in [3.05, 3.63) is 42.1 Å². The summed E-state index contributed by atoms with van der Waals surface area (Å²) in [5, 5.41) is 3.81. The zero-order chi connectivity index (χ0) is 13.9. The van der Waals surface area contributed by atoms with E-state index in [4.69, 9.17) is 4.52 Å². The molecule has 1 aromatic carbocycles. The molecule has 4 heteroatoms. The lowest BCUT2D eigenvalue weighted by molar-refractivity contribution is 0.0697. The van der Waals surface area contributed by atoms with Crippen LogP contribution in [0.2, 0.25) is 0 Å². The maximum atomic E-state index is 12.6. The van der Waals surface area contributed by atoms with Gasteiger partial charge in [-0.05, 0) is 18.8 Å². The van der Waals surface area contributed by atoms with Gasteiger partial charge in [-0.25, -0.2) is 0 Å². The highest BCUT2D eigenvalue weighted by molar-refractivity contribution is 5.99. The van der Waals surface area contributed by atoms with Gasteiger partial charge in [-0.15, -0.1) is 0 Å². The summed E-state index contributed by atoms with van der Waals surface area (Å²) in [5.41, 5.74) is 1.45. The summed E-state index contributed by atoms with van der Waals surface area (Å²) in [5.74, 6) is 1.29.